The van der Waals surface area contributed by atoms with Gasteiger partial charge in [0.05, 0.1) is 6.61 Å². The first kappa shape index (κ1) is 11.7. The molecule has 2 atom stereocenters. The van der Waals surface area contributed by atoms with Gasteiger partial charge in [0.2, 0.25) is 5.91 Å². The predicted octanol–water partition coefficient (Wildman–Crippen LogP) is 1.27. The van der Waals surface area contributed by atoms with Crippen molar-refractivity contribution in [1.29, 1.82) is 0 Å². The van der Waals surface area contributed by atoms with Crippen molar-refractivity contribution in [2.75, 3.05) is 6.61 Å². The summed E-state index contributed by atoms with van der Waals surface area (Å²) in [6.07, 6.45) is 0.648. The summed E-state index contributed by atoms with van der Waals surface area (Å²) in [4.78, 5) is 11.2. The van der Waals surface area contributed by atoms with Crippen molar-refractivity contribution < 1.29 is 9.90 Å². The Labute approximate surface area is 89.9 Å². The minimum atomic E-state index is -0.347. The molecular weight excluding hydrogens is 190 g/mol. The first-order valence-corrected chi connectivity index (χ1v) is 5.15. The average Bonchev–Trinajstić information content (AvgIpc) is 2.26. The van der Waals surface area contributed by atoms with E-state index in [-0.39, 0.29) is 24.3 Å². The normalized spacial score (nSPS) is 14.5. The Hall–Kier alpha value is -1.35. The van der Waals surface area contributed by atoms with E-state index >= 15 is 0 Å². The number of benzene rings is 1. The van der Waals surface area contributed by atoms with Crippen LogP contribution in [-0.2, 0) is 4.79 Å². The monoisotopic (exact) mass is 207 g/mol. The Morgan fingerprint density at radius 2 is 2.00 bits per heavy atom. The van der Waals surface area contributed by atoms with Gasteiger partial charge in [-0.3, -0.25) is 4.79 Å². The molecule has 0 aromatic heterocycles. The van der Waals surface area contributed by atoms with Gasteiger partial charge in [0.15, 0.2) is 0 Å². The fourth-order valence-corrected chi connectivity index (χ4v) is 1.85. The SMILES string of the molecule is CCC(C(N)=O)[C@H](CO)c1ccccc1. The van der Waals surface area contributed by atoms with Gasteiger partial charge < -0.3 is 10.8 Å². The minimum absolute atomic E-state index is 0.0501. The Morgan fingerprint density at radius 3 is 2.40 bits per heavy atom. The Balaban J connectivity index is 2.92. The van der Waals surface area contributed by atoms with Crippen LogP contribution >= 0.6 is 0 Å². The number of aliphatic hydroxyl groups excluding tert-OH is 1. The number of nitrogens with two attached hydrogens (primary N) is 1. The molecule has 0 aliphatic heterocycles. The fourth-order valence-electron chi connectivity index (χ4n) is 1.85. The quantitative estimate of drug-likeness (QED) is 0.763. The lowest BCUT2D eigenvalue weighted by Gasteiger charge is -2.21. The van der Waals surface area contributed by atoms with Crippen molar-refractivity contribution in [3.05, 3.63) is 35.9 Å². The Morgan fingerprint density at radius 1 is 1.40 bits per heavy atom. The van der Waals surface area contributed by atoms with Gasteiger partial charge in [0, 0.05) is 11.8 Å². The molecule has 82 valence electrons. The Kier molecular flexibility index (Phi) is 4.31. The lowest BCUT2D eigenvalue weighted by atomic mass is 9.84. The number of carbonyl (C=O) groups excluding carboxylic acids is 1. The zero-order valence-corrected chi connectivity index (χ0v) is 8.89. The van der Waals surface area contributed by atoms with Crippen LogP contribution in [0.15, 0.2) is 30.3 Å². The average molecular weight is 207 g/mol. The van der Waals surface area contributed by atoms with E-state index in [1.165, 1.54) is 0 Å². The maximum Gasteiger partial charge on any atom is 0.221 e. The third-order valence-electron chi connectivity index (χ3n) is 2.72. The highest BCUT2D eigenvalue weighted by atomic mass is 16.3. The zero-order chi connectivity index (χ0) is 11.3. The molecule has 0 aliphatic carbocycles. The van der Waals surface area contributed by atoms with E-state index in [1.54, 1.807) is 0 Å². The number of hydrogen-bond acceptors (Lipinski definition) is 2. The topological polar surface area (TPSA) is 63.3 Å². The maximum absolute atomic E-state index is 11.2. The summed E-state index contributed by atoms with van der Waals surface area (Å²) < 4.78 is 0. The zero-order valence-electron chi connectivity index (χ0n) is 8.89. The molecule has 3 N–H and O–H groups in total. The smallest absolute Gasteiger partial charge is 0.221 e. The summed E-state index contributed by atoms with van der Waals surface area (Å²) in [6, 6.07) is 9.51. The van der Waals surface area contributed by atoms with Crippen molar-refractivity contribution >= 4 is 5.91 Å². The van der Waals surface area contributed by atoms with Crippen LogP contribution in [-0.4, -0.2) is 17.6 Å². The lowest BCUT2D eigenvalue weighted by molar-refractivity contribution is -0.123. The second kappa shape index (κ2) is 5.51. The molecule has 0 saturated carbocycles. The summed E-state index contributed by atoms with van der Waals surface area (Å²) in [7, 11) is 0. The van der Waals surface area contributed by atoms with Crippen molar-refractivity contribution in [2.45, 2.75) is 19.3 Å². The van der Waals surface area contributed by atoms with Crippen LogP contribution in [0, 0.1) is 5.92 Å². The van der Waals surface area contributed by atoms with E-state index in [9.17, 15) is 9.90 Å². The number of carbonyl (C=O) groups is 1. The predicted molar refractivity (Wildman–Crippen MR) is 59.2 cm³/mol. The molecular formula is C12H17NO2. The van der Waals surface area contributed by atoms with Crippen LogP contribution in [0.2, 0.25) is 0 Å². The second-order valence-electron chi connectivity index (χ2n) is 3.62. The molecule has 3 nitrogen and oxygen atoms in total. The fraction of sp³-hybridized carbons (Fsp3) is 0.417. The molecule has 0 heterocycles. The molecule has 1 aromatic rings. The van der Waals surface area contributed by atoms with Crippen LogP contribution in [0.3, 0.4) is 0 Å². The molecule has 3 heteroatoms. The van der Waals surface area contributed by atoms with E-state index in [2.05, 4.69) is 0 Å². The standard InChI is InChI=1S/C12H17NO2/c1-2-10(12(13)15)11(8-14)9-6-4-3-5-7-9/h3-7,10-11,14H,2,8H2,1H3,(H2,13,15)/t10?,11-/m1/s1. The molecule has 0 bridgehead atoms. The van der Waals surface area contributed by atoms with Gasteiger partial charge in [-0.15, -0.1) is 0 Å². The van der Waals surface area contributed by atoms with Gasteiger partial charge in [-0.05, 0) is 12.0 Å². The van der Waals surface area contributed by atoms with Gasteiger partial charge in [-0.25, -0.2) is 0 Å². The van der Waals surface area contributed by atoms with Crippen LogP contribution in [0.25, 0.3) is 0 Å². The van der Waals surface area contributed by atoms with Crippen molar-refractivity contribution in [3.8, 4) is 0 Å². The maximum atomic E-state index is 11.2. The number of amides is 1. The first-order valence-electron chi connectivity index (χ1n) is 5.15. The largest absolute Gasteiger partial charge is 0.396 e. The number of hydrogen-bond donors (Lipinski definition) is 2. The Bertz CT molecular complexity index is 311. The molecule has 1 rings (SSSR count). The van der Waals surface area contributed by atoms with Crippen molar-refractivity contribution in [1.82, 2.24) is 0 Å². The van der Waals surface area contributed by atoms with Crippen molar-refractivity contribution in [3.63, 3.8) is 0 Å². The summed E-state index contributed by atoms with van der Waals surface area (Å²) in [5, 5.41) is 9.32. The molecule has 0 saturated heterocycles. The van der Waals surface area contributed by atoms with Crippen molar-refractivity contribution in [2.24, 2.45) is 11.7 Å². The van der Waals surface area contributed by atoms with E-state index in [0.29, 0.717) is 6.42 Å². The van der Waals surface area contributed by atoms with Crippen LogP contribution < -0.4 is 5.73 Å². The van der Waals surface area contributed by atoms with Crippen LogP contribution in [0.1, 0.15) is 24.8 Å². The summed E-state index contributed by atoms with van der Waals surface area (Å²) in [5.74, 6) is -0.827. The van der Waals surface area contributed by atoms with E-state index in [1.807, 2.05) is 37.3 Å². The molecule has 0 spiro atoms. The number of primary amides is 1. The summed E-state index contributed by atoms with van der Waals surface area (Å²) in [6.45, 7) is 1.85. The summed E-state index contributed by atoms with van der Waals surface area (Å²) in [5.41, 5.74) is 6.27. The molecule has 15 heavy (non-hydrogen) atoms. The number of aliphatic hydroxyl groups is 1. The van der Waals surface area contributed by atoms with Crippen LogP contribution in [0.4, 0.5) is 0 Å². The number of rotatable bonds is 5. The molecule has 0 fully saturated rings. The van der Waals surface area contributed by atoms with Gasteiger partial charge in [0.25, 0.3) is 0 Å². The summed E-state index contributed by atoms with van der Waals surface area (Å²) >= 11 is 0. The van der Waals surface area contributed by atoms with E-state index in [4.69, 9.17) is 5.73 Å². The van der Waals surface area contributed by atoms with Gasteiger partial charge in [-0.2, -0.15) is 0 Å². The van der Waals surface area contributed by atoms with Gasteiger partial charge >= 0.3 is 0 Å². The highest BCUT2D eigenvalue weighted by Crippen LogP contribution is 2.26. The first-order chi connectivity index (χ1) is 7.20. The molecule has 1 aromatic carbocycles. The van der Waals surface area contributed by atoms with E-state index in [0.717, 1.165) is 5.56 Å². The second-order valence-corrected chi connectivity index (χ2v) is 3.62. The molecule has 1 amide bonds. The molecule has 1 unspecified atom stereocenters. The van der Waals surface area contributed by atoms with E-state index < -0.39 is 0 Å². The van der Waals surface area contributed by atoms with Gasteiger partial charge in [0.1, 0.15) is 0 Å². The molecule has 0 radical (unpaired) electrons. The highest BCUT2D eigenvalue weighted by Gasteiger charge is 2.25. The lowest BCUT2D eigenvalue weighted by Crippen LogP contribution is -2.30. The highest BCUT2D eigenvalue weighted by molar-refractivity contribution is 5.77. The minimum Gasteiger partial charge on any atom is -0.396 e. The van der Waals surface area contributed by atoms with Gasteiger partial charge in [-0.1, -0.05) is 37.3 Å². The third-order valence-corrected chi connectivity index (χ3v) is 2.72. The third kappa shape index (κ3) is 2.80. The molecule has 0 aliphatic rings. The van der Waals surface area contributed by atoms with Crippen LogP contribution in [0.5, 0.6) is 0 Å².